The number of benzene rings is 1. The van der Waals surface area contributed by atoms with Crippen LogP contribution in [0.1, 0.15) is 18.4 Å². The molecule has 15 heavy (non-hydrogen) atoms. The van der Waals surface area contributed by atoms with E-state index in [9.17, 15) is 0 Å². The van der Waals surface area contributed by atoms with E-state index >= 15 is 0 Å². The second-order valence-electron chi connectivity index (χ2n) is 3.82. The molecule has 1 aromatic carbocycles. The molecule has 0 N–H and O–H groups in total. The summed E-state index contributed by atoms with van der Waals surface area (Å²) >= 11 is 3.51. The van der Waals surface area contributed by atoms with Gasteiger partial charge >= 0.3 is 0 Å². The zero-order valence-electron chi connectivity index (χ0n) is 8.67. The second kappa shape index (κ2) is 4.72. The van der Waals surface area contributed by atoms with Crippen LogP contribution in [-0.2, 0) is 6.42 Å². The monoisotopic (exact) mass is 263 g/mol. The van der Waals surface area contributed by atoms with E-state index in [0.717, 1.165) is 19.5 Å². The fourth-order valence-electron chi connectivity index (χ4n) is 2.08. The highest BCUT2D eigenvalue weighted by atomic mass is 79.9. The van der Waals surface area contributed by atoms with E-state index in [1.165, 1.54) is 28.6 Å². The molecule has 0 radical (unpaired) electrons. The van der Waals surface area contributed by atoms with Gasteiger partial charge in [0.1, 0.15) is 0 Å². The normalized spacial score (nSPS) is 14.5. The summed E-state index contributed by atoms with van der Waals surface area (Å²) in [4.78, 5) is 2.39. The summed E-state index contributed by atoms with van der Waals surface area (Å²) in [6.45, 7) is 2.11. The minimum atomic E-state index is 0.829. The minimum Gasteiger partial charge on any atom is -0.370 e. The van der Waals surface area contributed by atoms with Crippen LogP contribution in [0.4, 0.5) is 5.69 Å². The number of hydrogen-bond donors (Lipinski definition) is 0. The van der Waals surface area contributed by atoms with Crippen LogP contribution in [0, 0.1) is 12.3 Å². The summed E-state index contributed by atoms with van der Waals surface area (Å²) in [5.41, 5.74) is 2.80. The molecule has 1 heterocycles. The van der Waals surface area contributed by atoms with Crippen molar-refractivity contribution in [1.82, 2.24) is 0 Å². The Balaban J connectivity index is 2.23. The molecule has 0 aliphatic carbocycles. The SMILES string of the molecule is C#CCCN1CCCc2cc(Br)ccc21. The molecule has 0 unspecified atom stereocenters. The molecular weight excluding hydrogens is 250 g/mol. The Bertz CT molecular complexity index is 392. The fourth-order valence-corrected chi connectivity index (χ4v) is 2.48. The lowest BCUT2D eigenvalue weighted by Crippen LogP contribution is -2.30. The molecule has 0 aromatic heterocycles. The van der Waals surface area contributed by atoms with E-state index in [0.29, 0.717) is 0 Å². The number of anilines is 1. The average Bonchev–Trinajstić information content (AvgIpc) is 2.25. The molecule has 1 aromatic rings. The molecule has 0 saturated heterocycles. The molecule has 0 atom stereocenters. The second-order valence-corrected chi connectivity index (χ2v) is 4.73. The topological polar surface area (TPSA) is 3.24 Å². The maximum atomic E-state index is 5.31. The molecular formula is C13H14BrN. The molecule has 2 heteroatoms. The highest BCUT2D eigenvalue weighted by Gasteiger charge is 2.15. The van der Waals surface area contributed by atoms with Gasteiger partial charge in [-0.2, -0.15) is 0 Å². The van der Waals surface area contributed by atoms with Gasteiger partial charge in [0, 0.05) is 29.7 Å². The first-order chi connectivity index (χ1) is 7.31. The van der Waals surface area contributed by atoms with Crippen molar-refractivity contribution >= 4 is 21.6 Å². The molecule has 0 bridgehead atoms. The Hall–Kier alpha value is -0.940. The molecule has 0 fully saturated rings. The van der Waals surface area contributed by atoms with Crippen LogP contribution < -0.4 is 4.90 Å². The first kappa shape index (κ1) is 10.6. The molecule has 78 valence electrons. The average molecular weight is 264 g/mol. The third-order valence-corrected chi connectivity index (χ3v) is 3.28. The first-order valence-corrected chi connectivity index (χ1v) is 6.07. The lowest BCUT2D eigenvalue weighted by atomic mass is 10.0. The van der Waals surface area contributed by atoms with Crippen molar-refractivity contribution in [1.29, 1.82) is 0 Å². The zero-order valence-corrected chi connectivity index (χ0v) is 10.3. The number of nitrogens with zero attached hydrogens (tertiary/aromatic N) is 1. The predicted octanol–water partition coefficient (Wildman–Crippen LogP) is 3.23. The largest absolute Gasteiger partial charge is 0.370 e. The van der Waals surface area contributed by atoms with Gasteiger partial charge in [-0.3, -0.25) is 0 Å². The van der Waals surface area contributed by atoms with Gasteiger partial charge < -0.3 is 4.90 Å². The van der Waals surface area contributed by atoms with Gasteiger partial charge in [-0.05, 0) is 36.6 Å². The minimum absolute atomic E-state index is 0.829. The van der Waals surface area contributed by atoms with Crippen LogP contribution in [0.15, 0.2) is 22.7 Å². The molecule has 1 aliphatic heterocycles. The van der Waals surface area contributed by atoms with Crippen molar-refractivity contribution in [3.8, 4) is 12.3 Å². The Labute approximate surface area is 99.6 Å². The highest BCUT2D eigenvalue weighted by molar-refractivity contribution is 9.10. The zero-order chi connectivity index (χ0) is 10.7. The third-order valence-electron chi connectivity index (χ3n) is 2.78. The summed E-state index contributed by atoms with van der Waals surface area (Å²) in [6.07, 6.45) is 8.55. The summed E-state index contributed by atoms with van der Waals surface area (Å²) in [7, 11) is 0. The van der Waals surface area contributed by atoms with E-state index in [4.69, 9.17) is 6.42 Å². The van der Waals surface area contributed by atoms with Gasteiger partial charge in [-0.25, -0.2) is 0 Å². The number of aryl methyl sites for hydroxylation is 1. The van der Waals surface area contributed by atoms with Crippen LogP contribution in [0.3, 0.4) is 0 Å². The summed E-state index contributed by atoms with van der Waals surface area (Å²) in [5.74, 6) is 2.71. The van der Waals surface area contributed by atoms with Crippen LogP contribution in [0.5, 0.6) is 0 Å². The number of halogens is 1. The summed E-state index contributed by atoms with van der Waals surface area (Å²) in [5, 5.41) is 0. The van der Waals surface area contributed by atoms with Gasteiger partial charge in [-0.1, -0.05) is 15.9 Å². The van der Waals surface area contributed by atoms with Gasteiger partial charge in [0.15, 0.2) is 0 Å². The Morgan fingerprint density at radius 1 is 1.47 bits per heavy atom. The van der Waals surface area contributed by atoms with Gasteiger partial charge in [0.2, 0.25) is 0 Å². The molecule has 1 nitrogen and oxygen atoms in total. The van der Waals surface area contributed by atoms with E-state index in [2.05, 4.69) is 44.9 Å². The maximum Gasteiger partial charge on any atom is 0.0399 e. The number of hydrogen-bond acceptors (Lipinski definition) is 1. The van der Waals surface area contributed by atoms with Crippen LogP contribution in [-0.4, -0.2) is 13.1 Å². The van der Waals surface area contributed by atoms with Gasteiger partial charge in [0.25, 0.3) is 0 Å². The number of fused-ring (bicyclic) bond motifs is 1. The lowest BCUT2D eigenvalue weighted by Gasteiger charge is -2.30. The van der Waals surface area contributed by atoms with Gasteiger partial charge in [0.05, 0.1) is 0 Å². The molecule has 1 aliphatic rings. The van der Waals surface area contributed by atoms with Crippen molar-refractivity contribution in [3.05, 3.63) is 28.2 Å². The number of rotatable bonds is 2. The first-order valence-electron chi connectivity index (χ1n) is 5.28. The smallest absolute Gasteiger partial charge is 0.0399 e. The maximum absolute atomic E-state index is 5.31. The van der Waals surface area contributed by atoms with Crippen molar-refractivity contribution in [2.45, 2.75) is 19.3 Å². The van der Waals surface area contributed by atoms with E-state index < -0.39 is 0 Å². The van der Waals surface area contributed by atoms with Crippen molar-refractivity contribution in [2.75, 3.05) is 18.0 Å². The van der Waals surface area contributed by atoms with E-state index in [1.807, 2.05) is 0 Å². The third kappa shape index (κ3) is 2.35. The number of terminal acetylenes is 1. The summed E-state index contributed by atoms with van der Waals surface area (Å²) in [6, 6.07) is 6.51. The molecule has 0 amide bonds. The van der Waals surface area contributed by atoms with Gasteiger partial charge in [-0.15, -0.1) is 12.3 Å². The highest BCUT2D eigenvalue weighted by Crippen LogP contribution is 2.29. The Kier molecular flexibility index (Phi) is 3.33. The fraction of sp³-hybridized carbons (Fsp3) is 0.385. The predicted molar refractivity (Wildman–Crippen MR) is 68.1 cm³/mol. The van der Waals surface area contributed by atoms with Crippen LogP contribution in [0.2, 0.25) is 0 Å². The van der Waals surface area contributed by atoms with E-state index in [-0.39, 0.29) is 0 Å². The van der Waals surface area contributed by atoms with Crippen LogP contribution in [0.25, 0.3) is 0 Å². The summed E-state index contributed by atoms with van der Waals surface area (Å²) < 4.78 is 1.17. The van der Waals surface area contributed by atoms with Crippen molar-refractivity contribution in [3.63, 3.8) is 0 Å². The molecule has 0 spiro atoms. The van der Waals surface area contributed by atoms with E-state index in [1.54, 1.807) is 0 Å². The van der Waals surface area contributed by atoms with Crippen molar-refractivity contribution < 1.29 is 0 Å². The quantitative estimate of drug-likeness (QED) is 0.741. The lowest BCUT2D eigenvalue weighted by molar-refractivity contribution is 0.695. The Morgan fingerprint density at radius 2 is 2.33 bits per heavy atom. The Morgan fingerprint density at radius 3 is 3.13 bits per heavy atom. The molecule has 0 saturated carbocycles. The molecule has 2 rings (SSSR count). The van der Waals surface area contributed by atoms with Crippen molar-refractivity contribution in [2.24, 2.45) is 0 Å². The van der Waals surface area contributed by atoms with Crippen LogP contribution >= 0.6 is 15.9 Å². The standard InChI is InChI=1S/C13H14BrN/c1-2-3-8-15-9-4-5-11-10-12(14)6-7-13(11)15/h1,6-7,10H,3-5,8-9H2.